The molecule has 0 radical (unpaired) electrons. The smallest absolute Gasteiger partial charge is 0.152 e. The number of hydrogen-bond acceptors (Lipinski definition) is 5. The fourth-order valence-electron chi connectivity index (χ4n) is 3.38. The zero-order valence-electron chi connectivity index (χ0n) is 15.2. The van der Waals surface area contributed by atoms with Crippen LogP contribution in [0.3, 0.4) is 0 Å². The number of hydrogen-bond donors (Lipinski definition) is 3. The van der Waals surface area contributed by atoms with Crippen molar-refractivity contribution in [2.75, 3.05) is 18.8 Å². The van der Waals surface area contributed by atoms with Gasteiger partial charge in [0.15, 0.2) is 5.84 Å². The van der Waals surface area contributed by atoms with Crippen molar-refractivity contribution in [3.8, 4) is 22.4 Å². The van der Waals surface area contributed by atoms with Gasteiger partial charge in [0.1, 0.15) is 5.82 Å². The summed E-state index contributed by atoms with van der Waals surface area (Å²) in [6, 6.07) is 14.0. The van der Waals surface area contributed by atoms with E-state index >= 15 is 0 Å². The SMILES string of the molecule is CCC1=C(C(=N)n2ncc(-c3ccc(-c4ccccc4)nc3)c2N)CNC1. The molecule has 6 heteroatoms. The van der Waals surface area contributed by atoms with Gasteiger partial charge in [-0.15, -0.1) is 0 Å². The molecule has 1 aromatic carbocycles. The summed E-state index contributed by atoms with van der Waals surface area (Å²) in [5, 5.41) is 16.2. The first-order valence-electron chi connectivity index (χ1n) is 9.05. The maximum atomic E-state index is 8.53. The molecule has 0 saturated carbocycles. The molecule has 136 valence electrons. The zero-order valence-corrected chi connectivity index (χ0v) is 15.2. The zero-order chi connectivity index (χ0) is 18.8. The highest BCUT2D eigenvalue weighted by molar-refractivity contribution is 6.01. The first-order valence-corrected chi connectivity index (χ1v) is 9.05. The van der Waals surface area contributed by atoms with Crippen molar-refractivity contribution in [2.24, 2.45) is 0 Å². The minimum atomic E-state index is 0.342. The van der Waals surface area contributed by atoms with Gasteiger partial charge in [-0.1, -0.05) is 43.3 Å². The molecule has 4 N–H and O–H groups in total. The Kier molecular flexibility index (Phi) is 4.56. The van der Waals surface area contributed by atoms with Gasteiger partial charge < -0.3 is 11.1 Å². The van der Waals surface area contributed by atoms with Crippen molar-refractivity contribution in [3.05, 3.63) is 66.0 Å². The van der Waals surface area contributed by atoms with Crippen molar-refractivity contribution in [1.29, 1.82) is 5.41 Å². The van der Waals surface area contributed by atoms with Crippen LogP contribution in [-0.4, -0.2) is 33.7 Å². The van der Waals surface area contributed by atoms with Crippen molar-refractivity contribution in [1.82, 2.24) is 20.1 Å². The minimum Gasteiger partial charge on any atom is -0.383 e. The molecule has 27 heavy (non-hydrogen) atoms. The van der Waals surface area contributed by atoms with E-state index < -0.39 is 0 Å². The molecule has 0 amide bonds. The van der Waals surface area contributed by atoms with Gasteiger partial charge in [0, 0.05) is 41.5 Å². The highest BCUT2D eigenvalue weighted by Gasteiger charge is 2.21. The number of nitrogens with zero attached hydrogens (tertiary/aromatic N) is 3. The van der Waals surface area contributed by atoms with Gasteiger partial charge in [0.2, 0.25) is 0 Å². The molecule has 0 unspecified atom stereocenters. The number of nitrogen functional groups attached to an aromatic ring is 1. The Bertz CT molecular complexity index is 999. The maximum absolute atomic E-state index is 8.53. The third kappa shape index (κ3) is 3.15. The second-order valence-electron chi connectivity index (χ2n) is 6.54. The first-order chi connectivity index (χ1) is 13.2. The van der Waals surface area contributed by atoms with Crippen LogP contribution in [0.5, 0.6) is 0 Å². The number of pyridine rings is 1. The first kappa shape index (κ1) is 17.2. The normalized spacial score (nSPS) is 14.0. The molecule has 4 rings (SSSR count). The number of nitrogens with two attached hydrogens (primary N) is 1. The fraction of sp³-hybridized carbons (Fsp3) is 0.190. The van der Waals surface area contributed by atoms with Gasteiger partial charge in [-0.3, -0.25) is 10.4 Å². The lowest BCUT2D eigenvalue weighted by molar-refractivity contribution is 0.849. The van der Waals surface area contributed by atoms with E-state index in [9.17, 15) is 0 Å². The Balaban J connectivity index is 1.64. The lowest BCUT2D eigenvalue weighted by Gasteiger charge is -2.09. The van der Waals surface area contributed by atoms with Crippen molar-refractivity contribution in [2.45, 2.75) is 13.3 Å². The van der Waals surface area contributed by atoms with E-state index in [1.165, 1.54) is 10.3 Å². The third-order valence-corrected chi connectivity index (χ3v) is 4.94. The number of nitrogens with one attached hydrogen (secondary N) is 2. The average molecular weight is 358 g/mol. The fourth-order valence-corrected chi connectivity index (χ4v) is 3.38. The molecule has 3 heterocycles. The summed E-state index contributed by atoms with van der Waals surface area (Å²) in [6.07, 6.45) is 4.43. The summed E-state index contributed by atoms with van der Waals surface area (Å²) in [4.78, 5) is 4.56. The molecular weight excluding hydrogens is 336 g/mol. The topological polar surface area (TPSA) is 92.6 Å². The van der Waals surface area contributed by atoms with Crippen LogP contribution in [0, 0.1) is 5.41 Å². The molecule has 1 aliphatic heterocycles. The molecule has 6 nitrogen and oxygen atoms in total. The Morgan fingerprint density at radius 2 is 1.93 bits per heavy atom. The second-order valence-corrected chi connectivity index (χ2v) is 6.54. The molecule has 1 aliphatic rings. The molecule has 0 saturated heterocycles. The molecule has 3 aromatic rings. The lowest BCUT2D eigenvalue weighted by Crippen LogP contribution is -2.20. The predicted octanol–water partition coefficient (Wildman–Crippen LogP) is 3.33. The van der Waals surface area contributed by atoms with Gasteiger partial charge in [-0.2, -0.15) is 9.78 Å². The van der Waals surface area contributed by atoms with E-state index in [0.29, 0.717) is 18.2 Å². The highest BCUT2D eigenvalue weighted by atomic mass is 15.3. The Morgan fingerprint density at radius 1 is 1.11 bits per heavy atom. The van der Waals surface area contributed by atoms with Gasteiger partial charge in [0.05, 0.1) is 11.9 Å². The van der Waals surface area contributed by atoms with Crippen LogP contribution in [0.15, 0.2) is 66.0 Å². The molecule has 0 spiro atoms. The summed E-state index contributed by atoms with van der Waals surface area (Å²) >= 11 is 0. The summed E-state index contributed by atoms with van der Waals surface area (Å²) in [5.74, 6) is 0.804. The molecule has 2 aromatic heterocycles. The number of anilines is 1. The molecule has 0 aliphatic carbocycles. The second kappa shape index (κ2) is 7.17. The highest BCUT2D eigenvalue weighted by Crippen LogP contribution is 2.28. The summed E-state index contributed by atoms with van der Waals surface area (Å²) in [6.45, 7) is 3.62. The van der Waals surface area contributed by atoms with Crippen molar-refractivity contribution >= 4 is 11.7 Å². The van der Waals surface area contributed by atoms with Crippen LogP contribution in [-0.2, 0) is 0 Å². The standard InChI is InChI=1S/C21H22N6/c1-2-14-10-24-12-17(14)20(22)27-21(23)18(13-26-27)16-8-9-19(25-11-16)15-6-4-3-5-7-15/h3-9,11,13,22,24H,2,10,12,23H2,1H3. The van der Waals surface area contributed by atoms with E-state index in [0.717, 1.165) is 40.9 Å². The van der Waals surface area contributed by atoms with Crippen molar-refractivity contribution < 1.29 is 0 Å². The summed E-state index contributed by atoms with van der Waals surface area (Å²) in [5.41, 5.74) is 12.2. The maximum Gasteiger partial charge on any atom is 0.152 e. The van der Waals surface area contributed by atoms with E-state index in [1.807, 2.05) is 42.5 Å². The number of benzene rings is 1. The minimum absolute atomic E-state index is 0.342. The largest absolute Gasteiger partial charge is 0.383 e. The predicted molar refractivity (Wildman–Crippen MR) is 109 cm³/mol. The van der Waals surface area contributed by atoms with Crippen LogP contribution >= 0.6 is 0 Å². The van der Waals surface area contributed by atoms with Crippen LogP contribution in [0.2, 0.25) is 0 Å². The van der Waals surface area contributed by atoms with Crippen LogP contribution in [0.4, 0.5) is 5.82 Å². The van der Waals surface area contributed by atoms with Gasteiger partial charge in [-0.05, 0) is 18.1 Å². The third-order valence-electron chi connectivity index (χ3n) is 4.94. The quantitative estimate of drug-likeness (QED) is 0.493. The van der Waals surface area contributed by atoms with Crippen LogP contribution < -0.4 is 11.1 Å². The van der Waals surface area contributed by atoms with Crippen LogP contribution in [0.25, 0.3) is 22.4 Å². The summed E-state index contributed by atoms with van der Waals surface area (Å²) < 4.78 is 1.51. The number of rotatable bonds is 4. The Labute approximate surface area is 158 Å². The lowest BCUT2D eigenvalue weighted by atomic mass is 10.1. The van der Waals surface area contributed by atoms with E-state index in [2.05, 4.69) is 22.3 Å². The van der Waals surface area contributed by atoms with E-state index in [-0.39, 0.29) is 0 Å². The molecular formula is C21H22N6. The van der Waals surface area contributed by atoms with E-state index in [4.69, 9.17) is 11.1 Å². The van der Waals surface area contributed by atoms with Gasteiger partial charge >= 0.3 is 0 Å². The molecule has 0 atom stereocenters. The van der Waals surface area contributed by atoms with E-state index in [1.54, 1.807) is 12.4 Å². The Hall–Kier alpha value is -3.25. The molecule has 0 bridgehead atoms. The van der Waals surface area contributed by atoms with Crippen LogP contribution in [0.1, 0.15) is 13.3 Å². The van der Waals surface area contributed by atoms with Gasteiger partial charge in [0.25, 0.3) is 0 Å². The average Bonchev–Trinajstić information content (AvgIpc) is 3.35. The summed E-state index contributed by atoms with van der Waals surface area (Å²) in [7, 11) is 0. The Morgan fingerprint density at radius 3 is 2.63 bits per heavy atom. The monoisotopic (exact) mass is 358 g/mol. The molecule has 0 fully saturated rings. The number of aromatic nitrogens is 3. The van der Waals surface area contributed by atoms with Crippen molar-refractivity contribution in [3.63, 3.8) is 0 Å². The van der Waals surface area contributed by atoms with Gasteiger partial charge in [-0.25, -0.2) is 0 Å².